The van der Waals surface area contributed by atoms with E-state index in [4.69, 9.17) is 5.73 Å². The van der Waals surface area contributed by atoms with Crippen molar-refractivity contribution in [2.24, 2.45) is 7.05 Å². The molecule has 0 spiro atoms. The molecule has 0 unspecified atom stereocenters. The maximum Gasteiger partial charge on any atom is 0.261 e. The third-order valence-electron chi connectivity index (χ3n) is 2.13. The Labute approximate surface area is 120 Å². The average molecular weight is 294 g/mol. The lowest BCUT2D eigenvalue weighted by atomic mass is 10.3. The SMILES string of the molecule is C.Cn1cc(F)cc(C=O)c1=O.Nc1ncc(C=O)cn1. The van der Waals surface area contributed by atoms with Crippen molar-refractivity contribution >= 4 is 18.5 Å². The van der Waals surface area contributed by atoms with Gasteiger partial charge in [0.1, 0.15) is 5.82 Å². The van der Waals surface area contributed by atoms with Crippen LogP contribution in [-0.2, 0) is 7.05 Å². The maximum absolute atomic E-state index is 12.5. The number of aldehydes is 2. The van der Waals surface area contributed by atoms with Gasteiger partial charge in [-0.1, -0.05) is 7.43 Å². The maximum atomic E-state index is 12.5. The van der Waals surface area contributed by atoms with Gasteiger partial charge in [0, 0.05) is 25.6 Å². The molecule has 0 aliphatic rings. The first-order valence-electron chi connectivity index (χ1n) is 5.32. The van der Waals surface area contributed by atoms with Gasteiger partial charge < -0.3 is 10.3 Å². The molecule has 0 aliphatic heterocycles. The van der Waals surface area contributed by atoms with Crippen molar-refractivity contribution in [3.05, 3.63) is 52.0 Å². The molecule has 0 bridgehead atoms. The van der Waals surface area contributed by atoms with Gasteiger partial charge in [0.05, 0.1) is 11.1 Å². The van der Waals surface area contributed by atoms with Gasteiger partial charge in [-0.25, -0.2) is 14.4 Å². The fraction of sp³-hybridized carbons (Fsp3) is 0.154. The summed E-state index contributed by atoms with van der Waals surface area (Å²) < 4.78 is 13.5. The quantitative estimate of drug-likeness (QED) is 0.822. The van der Waals surface area contributed by atoms with E-state index >= 15 is 0 Å². The second kappa shape index (κ2) is 8.31. The number of aromatic nitrogens is 3. The first kappa shape index (κ1) is 18.1. The lowest BCUT2D eigenvalue weighted by Gasteiger charge is -1.96. The minimum absolute atomic E-state index is 0. The van der Waals surface area contributed by atoms with Gasteiger partial charge in [-0.3, -0.25) is 14.4 Å². The molecule has 2 aromatic heterocycles. The van der Waals surface area contributed by atoms with Crippen LogP contribution in [0.15, 0.2) is 29.5 Å². The molecule has 0 aliphatic carbocycles. The lowest BCUT2D eigenvalue weighted by molar-refractivity contribution is 0.111. The lowest BCUT2D eigenvalue weighted by Crippen LogP contribution is -2.20. The van der Waals surface area contributed by atoms with Crippen LogP contribution in [0.1, 0.15) is 28.1 Å². The molecule has 0 radical (unpaired) electrons. The van der Waals surface area contributed by atoms with E-state index in [0.29, 0.717) is 18.1 Å². The first-order valence-corrected chi connectivity index (χ1v) is 5.32. The molecule has 8 heteroatoms. The summed E-state index contributed by atoms with van der Waals surface area (Å²) in [4.78, 5) is 38.2. The van der Waals surface area contributed by atoms with E-state index in [9.17, 15) is 18.8 Å². The molecule has 2 N–H and O–H groups in total. The number of hydrogen-bond acceptors (Lipinski definition) is 6. The number of pyridine rings is 1. The number of anilines is 1. The number of carbonyl (C=O) groups is 2. The highest BCUT2D eigenvalue weighted by Gasteiger charge is 2.01. The minimum atomic E-state index is -0.589. The summed E-state index contributed by atoms with van der Waals surface area (Å²) in [5, 5.41) is 0. The van der Waals surface area contributed by atoms with E-state index in [1.165, 1.54) is 19.4 Å². The second-order valence-electron chi connectivity index (χ2n) is 3.64. The average Bonchev–Trinajstić information content (AvgIpc) is 2.44. The van der Waals surface area contributed by atoms with Crippen LogP contribution >= 0.6 is 0 Å². The Kier molecular flexibility index (Phi) is 7.16. The van der Waals surface area contributed by atoms with E-state index in [-0.39, 0.29) is 18.9 Å². The Morgan fingerprint density at radius 1 is 1.24 bits per heavy atom. The fourth-order valence-electron chi connectivity index (χ4n) is 1.19. The number of nitrogens with zero attached hydrogens (tertiary/aromatic N) is 3. The van der Waals surface area contributed by atoms with Gasteiger partial charge in [0.2, 0.25) is 5.95 Å². The number of nitrogen functional groups attached to an aromatic ring is 1. The fourth-order valence-corrected chi connectivity index (χ4v) is 1.19. The minimum Gasteiger partial charge on any atom is -0.368 e. The third-order valence-corrected chi connectivity index (χ3v) is 2.13. The Hall–Kier alpha value is -2.90. The summed E-state index contributed by atoms with van der Waals surface area (Å²) >= 11 is 0. The topological polar surface area (TPSA) is 108 Å². The van der Waals surface area contributed by atoms with E-state index in [0.717, 1.165) is 16.8 Å². The Morgan fingerprint density at radius 3 is 2.29 bits per heavy atom. The molecular formula is C13H15FN4O3. The Bertz CT molecular complexity index is 668. The van der Waals surface area contributed by atoms with Gasteiger partial charge >= 0.3 is 0 Å². The number of hydrogen-bond donors (Lipinski definition) is 1. The van der Waals surface area contributed by atoms with Crippen LogP contribution in [0.5, 0.6) is 0 Å². The molecule has 0 fully saturated rings. The highest BCUT2D eigenvalue weighted by Crippen LogP contribution is 1.94. The molecular weight excluding hydrogens is 279 g/mol. The highest BCUT2D eigenvalue weighted by molar-refractivity contribution is 5.74. The summed E-state index contributed by atoms with van der Waals surface area (Å²) in [6.45, 7) is 0. The molecule has 0 saturated heterocycles. The molecule has 0 atom stereocenters. The molecule has 2 aromatic rings. The van der Waals surface area contributed by atoms with E-state index in [2.05, 4.69) is 9.97 Å². The van der Waals surface area contributed by atoms with Crippen molar-refractivity contribution in [2.75, 3.05) is 5.73 Å². The number of halogens is 1. The van der Waals surface area contributed by atoms with Crippen LogP contribution < -0.4 is 11.3 Å². The van der Waals surface area contributed by atoms with Crippen molar-refractivity contribution in [3.63, 3.8) is 0 Å². The van der Waals surface area contributed by atoms with E-state index < -0.39 is 11.4 Å². The van der Waals surface area contributed by atoms with E-state index in [1.807, 2.05) is 0 Å². The van der Waals surface area contributed by atoms with Crippen molar-refractivity contribution in [1.82, 2.24) is 14.5 Å². The Balaban J connectivity index is 0.000000370. The number of carbonyl (C=O) groups excluding carboxylic acids is 2. The van der Waals surface area contributed by atoms with Crippen LogP contribution in [0.2, 0.25) is 0 Å². The molecule has 0 amide bonds. The molecule has 0 aromatic carbocycles. The van der Waals surface area contributed by atoms with Crippen molar-refractivity contribution in [3.8, 4) is 0 Å². The summed E-state index contributed by atoms with van der Waals surface area (Å²) in [7, 11) is 1.39. The van der Waals surface area contributed by atoms with Crippen LogP contribution in [0.25, 0.3) is 0 Å². The zero-order valence-corrected chi connectivity index (χ0v) is 10.5. The van der Waals surface area contributed by atoms with Gasteiger partial charge in [-0.15, -0.1) is 0 Å². The number of rotatable bonds is 2. The summed E-state index contributed by atoms with van der Waals surface area (Å²) in [6.07, 6.45) is 4.77. The van der Waals surface area contributed by atoms with Crippen LogP contribution in [0.3, 0.4) is 0 Å². The largest absolute Gasteiger partial charge is 0.368 e. The molecule has 21 heavy (non-hydrogen) atoms. The number of nitrogens with two attached hydrogens (primary N) is 1. The molecule has 2 heterocycles. The first-order chi connectivity index (χ1) is 9.47. The Morgan fingerprint density at radius 2 is 1.81 bits per heavy atom. The zero-order valence-electron chi connectivity index (χ0n) is 10.5. The van der Waals surface area contributed by atoms with Crippen LogP contribution in [-0.4, -0.2) is 27.1 Å². The van der Waals surface area contributed by atoms with Gasteiger partial charge in [0.15, 0.2) is 12.6 Å². The highest BCUT2D eigenvalue weighted by atomic mass is 19.1. The smallest absolute Gasteiger partial charge is 0.261 e. The van der Waals surface area contributed by atoms with Crippen LogP contribution in [0, 0.1) is 5.82 Å². The third kappa shape index (κ3) is 5.31. The second-order valence-corrected chi connectivity index (χ2v) is 3.64. The van der Waals surface area contributed by atoms with E-state index in [1.54, 1.807) is 0 Å². The van der Waals surface area contributed by atoms with Crippen molar-refractivity contribution in [2.45, 2.75) is 7.43 Å². The number of aryl methyl sites for hydroxylation is 1. The monoisotopic (exact) mass is 294 g/mol. The molecule has 7 nitrogen and oxygen atoms in total. The predicted octanol–water partition coefficient (Wildman–Crippen LogP) is 0.844. The van der Waals surface area contributed by atoms with Gasteiger partial charge in [0.25, 0.3) is 5.56 Å². The van der Waals surface area contributed by atoms with Gasteiger partial charge in [-0.05, 0) is 6.07 Å². The summed E-state index contributed by atoms with van der Waals surface area (Å²) in [5.41, 5.74) is 4.93. The summed E-state index contributed by atoms with van der Waals surface area (Å²) in [6, 6.07) is 0.912. The standard InChI is InChI=1S/C7H6FNO2.C5H5N3O.CH4/c1-9-3-6(8)2-5(4-10)7(9)11;6-5-7-1-4(3-9)2-8-5;/h2-4H,1H3;1-3H,(H2,6,7,8);1H4. The normalized spacial score (nSPS) is 8.86. The van der Waals surface area contributed by atoms with Crippen molar-refractivity contribution < 1.29 is 14.0 Å². The molecule has 112 valence electrons. The molecule has 0 saturated carbocycles. The predicted molar refractivity (Wildman–Crippen MR) is 75.6 cm³/mol. The van der Waals surface area contributed by atoms with Crippen molar-refractivity contribution in [1.29, 1.82) is 0 Å². The van der Waals surface area contributed by atoms with Crippen LogP contribution in [0.4, 0.5) is 10.3 Å². The molecule has 2 rings (SSSR count). The zero-order chi connectivity index (χ0) is 15.1. The van der Waals surface area contributed by atoms with Gasteiger partial charge in [-0.2, -0.15) is 0 Å². The summed E-state index contributed by atoms with van der Waals surface area (Å²) in [5.74, 6) is -0.408.